The fourth-order valence-electron chi connectivity index (χ4n) is 3.64. The molecule has 0 amide bonds. The van der Waals surface area contributed by atoms with Crippen LogP contribution in [0.25, 0.3) is 0 Å². The lowest BCUT2D eigenvalue weighted by Crippen LogP contribution is -2.54. The average molecular weight is 304 g/mol. The Morgan fingerprint density at radius 1 is 1.18 bits per heavy atom. The molecule has 3 rings (SSSR count). The Bertz CT molecular complexity index is 505. The van der Waals surface area contributed by atoms with Crippen molar-refractivity contribution < 1.29 is 5.11 Å². The van der Waals surface area contributed by atoms with Crippen LogP contribution in [-0.2, 0) is 0 Å². The van der Waals surface area contributed by atoms with Crippen molar-refractivity contribution in [1.29, 1.82) is 0 Å². The Balaban J connectivity index is 1.59. The number of rotatable bonds is 3. The maximum absolute atomic E-state index is 10.9. The number of piperidine rings is 1. The third-order valence-corrected chi connectivity index (χ3v) is 4.98. The molecule has 0 bridgehead atoms. The van der Waals surface area contributed by atoms with Gasteiger partial charge in [-0.2, -0.15) is 0 Å². The van der Waals surface area contributed by atoms with Crippen molar-refractivity contribution in [1.82, 2.24) is 10.2 Å². The summed E-state index contributed by atoms with van der Waals surface area (Å²) < 4.78 is 0. The smallest absolute Gasteiger partial charge is 0.0807 e. The highest BCUT2D eigenvalue weighted by Gasteiger charge is 2.34. The maximum Gasteiger partial charge on any atom is 0.0807 e. The van der Waals surface area contributed by atoms with Crippen LogP contribution in [0.5, 0.6) is 0 Å². The van der Waals surface area contributed by atoms with Crippen LogP contribution in [0.15, 0.2) is 18.2 Å². The molecule has 2 heterocycles. The first-order valence-corrected chi connectivity index (χ1v) is 8.32. The summed E-state index contributed by atoms with van der Waals surface area (Å²) in [6.45, 7) is 8.89. The fraction of sp³-hybridized carbons (Fsp3) is 0.647. The van der Waals surface area contributed by atoms with Gasteiger partial charge in [0.1, 0.15) is 0 Å². The molecule has 4 N–H and O–H groups in total. The number of nitrogens with one attached hydrogen (secondary N) is 1. The summed E-state index contributed by atoms with van der Waals surface area (Å²) in [4.78, 5) is 4.77. The number of nitrogens with two attached hydrogens (primary N) is 1. The van der Waals surface area contributed by atoms with E-state index in [1.165, 1.54) is 11.3 Å². The maximum atomic E-state index is 10.9. The quantitative estimate of drug-likeness (QED) is 0.722. The summed E-state index contributed by atoms with van der Waals surface area (Å²) >= 11 is 0. The van der Waals surface area contributed by atoms with Crippen LogP contribution < -0.4 is 16.0 Å². The van der Waals surface area contributed by atoms with Gasteiger partial charge in [0.05, 0.1) is 5.60 Å². The van der Waals surface area contributed by atoms with Crippen molar-refractivity contribution in [2.24, 2.45) is 0 Å². The highest BCUT2D eigenvalue weighted by Crippen LogP contribution is 2.30. The van der Waals surface area contributed by atoms with Gasteiger partial charge >= 0.3 is 0 Å². The highest BCUT2D eigenvalue weighted by atomic mass is 16.3. The van der Waals surface area contributed by atoms with Gasteiger partial charge in [-0.1, -0.05) is 0 Å². The summed E-state index contributed by atoms with van der Waals surface area (Å²) in [5, 5.41) is 14.3. The second kappa shape index (κ2) is 6.44. The summed E-state index contributed by atoms with van der Waals surface area (Å²) in [5.41, 5.74) is 8.58. The average Bonchev–Trinajstić information content (AvgIpc) is 2.49. The molecule has 0 aliphatic carbocycles. The number of anilines is 2. The number of piperazine rings is 1. The molecule has 0 spiro atoms. The predicted octanol–water partition coefficient (Wildman–Crippen LogP) is 0.814. The number of benzene rings is 1. The van der Waals surface area contributed by atoms with Crippen LogP contribution in [-0.4, -0.2) is 61.4 Å². The molecule has 0 saturated carbocycles. The van der Waals surface area contributed by atoms with Gasteiger partial charge in [-0.3, -0.25) is 4.90 Å². The first-order valence-electron chi connectivity index (χ1n) is 8.32. The molecule has 122 valence electrons. The van der Waals surface area contributed by atoms with Crippen LogP contribution >= 0.6 is 0 Å². The van der Waals surface area contributed by atoms with E-state index in [4.69, 9.17) is 5.73 Å². The van der Waals surface area contributed by atoms with Crippen molar-refractivity contribution in [2.75, 3.05) is 56.4 Å². The van der Waals surface area contributed by atoms with Crippen molar-refractivity contribution in [3.63, 3.8) is 0 Å². The Hall–Kier alpha value is -1.30. The number of nitrogen functional groups attached to an aromatic ring is 1. The van der Waals surface area contributed by atoms with E-state index in [9.17, 15) is 5.11 Å². The minimum Gasteiger partial charge on any atom is -0.399 e. The normalized spacial score (nSPS) is 22.7. The van der Waals surface area contributed by atoms with E-state index in [0.717, 1.165) is 64.3 Å². The van der Waals surface area contributed by atoms with E-state index < -0.39 is 5.60 Å². The molecule has 5 heteroatoms. The van der Waals surface area contributed by atoms with Crippen LogP contribution in [0.3, 0.4) is 0 Å². The fourth-order valence-corrected chi connectivity index (χ4v) is 3.64. The van der Waals surface area contributed by atoms with Crippen LogP contribution in [0, 0.1) is 6.92 Å². The molecule has 2 fully saturated rings. The Morgan fingerprint density at radius 3 is 2.50 bits per heavy atom. The molecular formula is C17H28N4O. The predicted molar refractivity (Wildman–Crippen MR) is 91.3 cm³/mol. The first kappa shape index (κ1) is 15.6. The minimum absolute atomic E-state index is 0.532. The lowest BCUT2D eigenvalue weighted by atomic mass is 9.90. The number of nitrogens with zero attached hydrogens (tertiary/aromatic N) is 2. The minimum atomic E-state index is -0.532. The second-order valence-corrected chi connectivity index (χ2v) is 6.78. The molecule has 0 atom stereocenters. The molecule has 1 aromatic rings. The van der Waals surface area contributed by atoms with E-state index >= 15 is 0 Å². The zero-order chi connectivity index (χ0) is 15.6. The lowest BCUT2D eigenvalue weighted by Gasteiger charge is -2.43. The molecule has 22 heavy (non-hydrogen) atoms. The summed E-state index contributed by atoms with van der Waals surface area (Å²) in [6.07, 6.45) is 1.67. The van der Waals surface area contributed by atoms with Gasteiger partial charge in [0.15, 0.2) is 0 Å². The summed E-state index contributed by atoms with van der Waals surface area (Å²) in [5.74, 6) is 0. The number of β-amino-alcohol motifs (C(OH)–C–C–N with tert-alkyl or cyclic N) is 1. The van der Waals surface area contributed by atoms with Gasteiger partial charge in [0.2, 0.25) is 0 Å². The zero-order valence-corrected chi connectivity index (χ0v) is 13.5. The Kier molecular flexibility index (Phi) is 4.57. The Labute approximate surface area is 133 Å². The van der Waals surface area contributed by atoms with Crippen LogP contribution in [0.2, 0.25) is 0 Å². The Morgan fingerprint density at radius 2 is 1.86 bits per heavy atom. The molecule has 0 aromatic heterocycles. The van der Waals surface area contributed by atoms with Crippen LogP contribution in [0.4, 0.5) is 11.4 Å². The summed E-state index contributed by atoms with van der Waals surface area (Å²) in [7, 11) is 0. The number of hydrogen-bond acceptors (Lipinski definition) is 5. The van der Waals surface area contributed by atoms with Crippen LogP contribution in [0.1, 0.15) is 18.4 Å². The molecule has 5 nitrogen and oxygen atoms in total. The molecule has 0 unspecified atom stereocenters. The summed E-state index contributed by atoms with van der Waals surface area (Å²) in [6, 6.07) is 6.09. The van der Waals surface area contributed by atoms with Gasteiger partial charge in [-0.15, -0.1) is 0 Å². The third-order valence-electron chi connectivity index (χ3n) is 4.98. The highest BCUT2D eigenvalue weighted by molar-refractivity contribution is 5.59. The molecule has 2 aliphatic rings. The van der Waals surface area contributed by atoms with Gasteiger partial charge in [-0.25, -0.2) is 0 Å². The largest absolute Gasteiger partial charge is 0.399 e. The SMILES string of the molecule is Cc1cc(N)ccc1N1CCC(O)(CN2CCNCC2)CC1. The van der Waals surface area contributed by atoms with E-state index in [0.29, 0.717) is 0 Å². The van der Waals surface area contributed by atoms with Crippen molar-refractivity contribution in [3.05, 3.63) is 23.8 Å². The number of aryl methyl sites for hydroxylation is 1. The zero-order valence-electron chi connectivity index (χ0n) is 13.5. The second-order valence-electron chi connectivity index (χ2n) is 6.78. The van der Waals surface area contributed by atoms with Gasteiger partial charge < -0.3 is 21.1 Å². The van der Waals surface area contributed by atoms with E-state index in [-0.39, 0.29) is 0 Å². The molecular weight excluding hydrogens is 276 g/mol. The molecule has 2 aliphatic heterocycles. The van der Waals surface area contributed by atoms with E-state index in [2.05, 4.69) is 28.1 Å². The topological polar surface area (TPSA) is 64.8 Å². The number of aliphatic hydroxyl groups is 1. The molecule has 1 aromatic carbocycles. The standard InChI is InChI=1S/C17H28N4O/c1-14-12-15(18)2-3-16(14)21-8-4-17(22,5-9-21)13-20-10-6-19-7-11-20/h2-3,12,19,22H,4-11,13,18H2,1H3. The molecule has 2 saturated heterocycles. The van der Waals surface area contributed by atoms with Gasteiger partial charge in [-0.05, 0) is 43.5 Å². The monoisotopic (exact) mass is 304 g/mol. The van der Waals surface area contributed by atoms with E-state index in [1.807, 2.05) is 12.1 Å². The first-order chi connectivity index (χ1) is 10.6. The van der Waals surface area contributed by atoms with Crippen molar-refractivity contribution in [2.45, 2.75) is 25.4 Å². The lowest BCUT2D eigenvalue weighted by molar-refractivity contribution is -0.0186. The molecule has 0 radical (unpaired) electrons. The number of hydrogen-bond donors (Lipinski definition) is 3. The van der Waals surface area contributed by atoms with Crippen molar-refractivity contribution >= 4 is 11.4 Å². The third kappa shape index (κ3) is 3.54. The van der Waals surface area contributed by atoms with Crippen molar-refractivity contribution in [3.8, 4) is 0 Å². The van der Waals surface area contributed by atoms with Gasteiger partial charge in [0.25, 0.3) is 0 Å². The van der Waals surface area contributed by atoms with E-state index in [1.54, 1.807) is 0 Å². The van der Waals surface area contributed by atoms with Gasteiger partial charge in [0, 0.05) is 57.2 Å².